The van der Waals surface area contributed by atoms with E-state index in [1.54, 1.807) is 33.0 Å². The largest absolute Gasteiger partial charge is 0.295 e. The zero-order valence-electron chi connectivity index (χ0n) is 14.3. The van der Waals surface area contributed by atoms with Gasteiger partial charge in [-0.15, -0.1) is 34.0 Å². The molecular weight excluding hydrogens is 406 g/mol. The molecule has 0 unspecified atom stereocenters. The zero-order chi connectivity index (χ0) is 18.1. The van der Waals surface area contributed by atoms with Gasteiger partial charge in [0.15, 0.2) is 0 Å². The maximum atomic E-state index is 12.7. The van der Waals surface area contributed by atoms with Crippen molar-refractivity contribution >= 4 is 44.0 Å². The molecule has 0 radical (unpaired) electrons. The van der Waals surface area contributed by atoms with E-state index in [0.29, 0.717) is 17.3 Å². The first-order chi connectivity index (χ1) is 12.5. The van der Waals surface area contributed by atoms with Gasteiger partial charge in [-0.05, 0) is 30.5 Å². The highest BCUT2D eigenvalue weighted by Crippen LogP contribution is 2.29. The Hall–Kier alpha value is -1.10. The third-order valence-corrected chi connectivity index (χ3v) is 9.61. The minimum atomic E-state index is -3.35. The van der Waals surface area contributed by atoms with Crippen LogP contribution in [0.4, 0.5) is 0 Å². The van der Waals surface area contributed by atoms with E-state index < -0.39 is 10.0 Å². The van der Waals surface area contributed by atoms with Gasteiger partial charge in [0.05, 0.1) is 10.6 Å². The fourth-order valence-electron chi connectivity index (χ4n) is 2.93. The predicted molar refractivity (Wildman–Crippen MR) is 109 cm³/mol. The molecule has 0 saturated carbocycles. The number of aryl methyl sites for hydroxylation is 1. The maximum absolute atomic E-state index is 12.7. The lowest BCUT2D eigenvalue weighted by atomic mass is 10.3. The molecule has 0 N–H and O–H groups in total. The van der Waals surface area contributed by atoms with Crippen LogP contribution in [0, 0.1) is 6.92 Å². The van der Waals surface area contributed by atoms with Gasteiger partial charge < -0.3 is 0 Å². The summed E-state index contributed by atoms with van der Waals surface area (Å²) in [6.45, 7) is 5.22. The fraction of sp³-hybridized carbons (Fsp3) is 0.353. The van der Waals surface area contributed by atoms with Gasteiger partial charge in [-0.1, -0.05) is 6.07 Å². The molecule has 1 aliphatic heterocycles. The molecule has 0 atom stereocenters. The summed E-state index contributed by atoms with van der Waals surface area (Å²) in [5.41, 5.74) is 1.06. The molecule has 1 fully saturated rings. The van der Waals surface area contributed by atoms with Crippen LogP contribution in [0.3, 0.4) is 0 Å². The number of nitrogens with zero attached hydrogens (tertiary/aromatic N) is 3. The monoisotopic (exact) mass is 425 g/mol. The van der Waals surface area contributed by atoms with Crippen LogP contribution in [-0.4, -0.2) is 48.8 Å². The summed E-state index contributed by atoms with van der Waals surface area (Å²) in [6, 6.07) is 7.70. The lowest BCUT2D eigenvalue weighted by molar-refractivity contribution is 0.180. The van der Waals surface area contributed by atoms with Crippen molar-refractivity contribution in [2.75, 3.05) is 26.2 Å². The zero-order valence-corrected chi connectivity index (χ0v) is 17.6. The molecule has 0 spiro atoms. The van der Waals surface area contributed by atoms with E-state index in [9.17, 15) is 8.42 Å². The van der Waals surface area contributed by atoms with E-state index in [-0.39, 0.29) is 0 Å². The number of hydrogen-bond acceptors (Lipinski definition) is 7. The third-order valence-electron chi connectivity index (χ3n) is 4.31. The van der Waals surface area contributed by atoms with Crippen LogP contribution < -0.4 is 0 Å². The van der Waals surface area contributed by atoms with E-state index in [2.05, 4.69) is 21.7 Å². The van der Waals surface area contributed by atoms with Crippen molar-refractivity contribution in [3.05, 3.63) is 45.6 Å². The van der Waals surface area contributed by atoms with Gasteiger partial charge in [-0.3, -0.25) is 4.90 Å². The molecule has 4 rings (SSSR count). The molecular formula is C17H19N3O2S4. The highest BCUT2D eigenvalue weighted by atomic mass is 32.2. The number of thiazole rings is 1. The van der Waals surface area contributed by atoms with Crippen molar-refractivity contribution in [1.29, 1.82) is 0 Å². The summed E-state index contributed by atoms with van der Waals surface area (Å²) >= 11 is 4.71. The third kappa shape index (κ3) is 3.78. The van der Waals surface area contributed by atoms with Crippen LogP contribution >= 0.6 is 34.0 Å². The van der Waals surface area contributed by atoms with Gasteiger partial charge in [0.2, 0.25) is 0 Å². The van der Waals surface area contributed by atoms with E-state index in [0.717, 1.165) is 35.2 Å². The molecule has 0 aliphatic carbocycles. The number of sulfonamides is 1. The first-order valence-electron chi connectivity index (χ1n) is 8.29. The standard InChI is InChI=1S/C17H19N3O2S4/c1-13-4-5-16(25-13)26(21,22)20-8-6-19(7-9-20)11-14-12-24-17(18-14)15-3-2-10-23-15/h2-5,10,12H,6-9,11H2,1H3. The first kappa shape index (κ1) is 18.3. The van der Waals surface area contributed by atoms with Gasteiger partial charge >= 0.3 is 0 Å². The number of hydrogen-bond donors (Lipinski definition) is 0. The Morgan fingerprint density at radius 3 is 2.58 bits per heavy atom. The first-order valence-corrected chi connectivity index (χ1v) is 12.3. The minimum Gasteiger partial charge on any atom is -0.295 e. The Bertz CT molecular complexity index is 968. The second-order valence-corrected chi connectivity index (χ2v) is 11.4. The molecule has 26 heavy (non-hydrogen) atoms. The summed E-state index contributed by atoms with van der Waals surface area (Å²) in [6.07, 6.45) is 0. The van der Waals surface area contributed by atoms with Crippen LogP contribution in [0.5, 0.6) is 0 Å². The van der Waals surface area contributed by atoms with Gasteiger partial charge in [0.25, 0.3) is 10.0 Å². The summed E-state index contributed by atoms with van der Waals surface area (Å²) in [4.78, 5) is 9.22. The van der Waals surface area contributed by atoms with E-state index in [1.165, 1.54) is 16.2 Å². The van der Waals surface area contributed by atoms with E-state index in [4.69, 9.17) is 4.98 Å². The van der Waals surface area contributed by atoms with Crippen molar-refractivity contribution in [1.82, 2.24) is 14.2 Å². The molecule has 1 saturated heterocycles. The van der Waals surface area contributed by atoms with E-state index in [1.807, 2.05) is 19.1 Å². The maximum Gasteiger partial charge on any atom is 0.252 e. The van der Waals surface area contributed by atoms with E-state index >= 15 is 0 Å². The number of rotatable bonds is 5. The molecule has 1 aliphatic rings. The predicted octanol–water partition coefficient (Wildman–Crippen LogP) is 3.75. The Balaban J connectivity index is 1.37. The van der Waals surface area contributed by atoms with Crippen LogP contribution in [0.2, 0.25) is 0 Å². The molecule has 3 aromatic heterocycles. The quantitative estimate of drug-likeness (QED) is 0.625. The molecule has 138 valence electrons. The van der Waals surface area contributed by atoms with Gasteiger partial charge in [-0.2, -0.15) is 4.31 Å². The molecule has 5 nitrogen and oxygen atoms in total. The SMILES string of the molecule is Cc1ccc(S(=O)(=O)N2CCN(Cc3csc(-c4cccs4)n3)CC2)s1. The van der Waals surface area contributed by atoms with Crippen LogP contribution in [-0.2, 0) is 16.6 Å². The Morgan fingerprint density at radius 2 is 1.92 bits per heavy atom. The van der Waals surface area contributed by atoms with Crippen molar-refractivity contribution in [3.63, 3.8) is 0 Å². The lowest BCUT2D eigenvalue weighted by Gasteiger charge is -2.33. The van der Waals surface area contributed by atoms with Crippen molar-refractivity contribution < 1.29 is 8.42 Å². The van der Waals surface area contributed by atoms with Crippen LogP contribution in [0.25, 0.3) is 9.88 Å². The Kier molecular flexibility index (Phi) is 5.27. The van der Waals surface area contributed by atoms with Crippen LogP contribution in [0.15, 0.2) is 39.2 Å². The lowest BCUT2D eigenvalue weighted by Crippen LogP contribution is -2.48. The highest BCUT2D eigenvalue weighted by molar-refractivity contribution is 7.91. The minimum absolute atomic E-state index is 0.448. The average molecular weight is 426 g/mol. The molecule has 0 amide bonds. The number of aromatic nitrogens is 1. The summed E-state index contributed by atoms with van der Waals surface area (Å²) in [5.74, 6) is 0. The molecule has 4 heterocycles. The second kappa shape index (κ2) is 7.49. The summed E-state index contributed by atoms with van der Waals surface area (Å²) in [5, 5.41) is 5.22. The molecule has 0 bridgehead atoms. The van der Waals surface area contributed by atoms with Crippen LogP contribution in [0.1, 0.15) is 10.6 Å². The van der Waals surface area contributed by atoms with Crippen molar-refractivity contribution in [2.24, 2.45) is 0 Å². The Morgan fingerprint density at radius 1 is 1.12 bits per heavy atom. The number of piperazine rings is 1. The second-order valence-electron chi connectivity index (χ2n) is 6.17. The highest BCUT2D eigenvalue weighted by Gasteiger charge is 2.29. The Labute approximate surface area is 165 Å². The molecule has 3 aromatic rings. The van der Waals surface area contributed by atoms with Gasteiger partial charge in [0.1, 0.15) is 9.22 Å². The number of thiophene rings is 2. The van der Waals surface area contributed by atoms with Crippen molar-refractivity contribution in [3.8, 4) is 9.88 Å². The molecule has 0 aromatic carbocycles. The summed E-state index contributed by atoms with van der Waals surface area (Å²) in [7, 11) is -3.35. The molecule has 9 heteroatoms. The average Bonchev–Trinajstić information content (AvgIpc) is 3.36. The topological polar surface area (TPSA) is 53.5 Å². The van der Waals surface area contributed by atoms with Gasteiger partial charge in [-0.25, -0.2) is 13.4 Å². The fourth-order valence-corrected chi connectivity index (χ4v) is 7.41. The normalized spacial score (nSPS) is 17.0. The summed E-state index contributed by atoms with van der Waals surface area (Å²) < 4.78 is 27.5. The van der Waals surface area contributed by atoms with Gasteiger partial charge in [0, 0.05) is 43.0 Å². The smallest absolute Gasteiger partial charge is 0.252 e. The van der Waals surface area contributed by atoms with Crippen molar-refractivity contribution in [2.45, 2.75) is 17.7 Å².